The quantitative estimate of drug-likeness (QED) is 0.902. The van der Waals surface area contributed by atoms with Crippen molar-refractivity contribution >= 4 is 5.91 Å². The molecule has 1 N–H and O–H groups in total. The lowest BCUT2D eigenvalue weighted by Crippen LogP contribution is -2.45. The SMILES string of the molecule is CC(C(=O)NC1(C2CCOC2)CC1)n1nnc(-c2ccccc2)n1. The second-order valence-corrected chi connectivity index (χ2v) is 6.68. The van der Waals surface area contributed by atoms with E-state index in [-0.39, 0.29) is 11.4 Å². The molecule has 0 radical (unpaired) electrons. The van der Waals surface area contributed by atoms with Crippen molar-refractivity contribution in [1.82, 2.24) is 25.5 Å². The monoisotopic (exact) mass is 327 g/mol. The summed E-state index contributed by atoms with van der Waals surface area (Å²) < 4.78 is 5.47. The van der Waals surface area contributed by atoms with Crippen LogP contribution in [0.4, 0.5) is 0 Å². The molecule has 0 bridgehead atoms. The smallest absolute Gasteiger partial charge is 0.246 e. The van der Waals surface area contributed by atoms with Crippen LogP contribution in [0.1, 0.15) is 32.2 Å². The van der Waals surface area contributed by atoms with Crippen LogP contribution in [0.3, 0.4) is 0 Å². The molecule has 7 nitrogen and oxygen atoms in total. The number of rotatable bonds is 5. The lowest BCUT2D eigenvalue weighted by Gasteiger charge is -2.24. The van der Waals surface area contributed by atoms with Crippen LogP contribution in [0, 0.1) is 5.92 Å². The van der Waals surface area contributed by atoms with E-state index in [1.807, 2.05) is 30.3 Å². The van der Waals surface area contributed by atoms with Gasteiger partial charge in [0.05, 0.1) is 6.61 Å². The second-order valence-electron chi connectivity index (χ2n) is 6.68. The number of ether oxygens (including phenoxy) is 1. The van der Waals surface area contributed by atoms with Crippen LogP contribution >= 0.6 is 0 Å². The summed E-state index contributed by atoms with van der Waals surface area (Å²) in [6.07, 6.45) is 3.08. The summed E-state index contributed by atoms with van der Waals surface area (Å²) in [6.45, 7) is 3.34. The van der Waals surface area contributed by atoms with Gasteiger partial charge in [0.2, 0.25) is 11.7 Å². The first-order valence-corrected chi connectivity index (χ1v) is 8.43. The van der Waals surface area contributed by atoms with Crippen molar-refractivity contribution in [2.45, 2.75) is 37.8 Å². The van der Waals surface area contributed by atoms with Crippen molar-refractivity contribution < 1.29 is 9.53 Å². The molecular weight excluding hydrogens is 306 g/mol. The Morgan fingerprint density at radius 3 is 2.83 bits per heavy atom. The van der Waals surface area contributed by atoms with Crippen LogP contribution in [0.15, 0.2) is 30.3 Å². The molecule has 2 atom stereocenters. The van der Waals surface area contributed by atoms with Gasteiger partial charge >= 0.3 is 0 Å². The normalized spacial score (nSPS) is 23.0. The number of benzene rings is 1. The Balaban J connectivity index is 1.45. The van der Waals surface area contributed by atoms with Crippen molar-refractivity contribution in [3.8, 4) is 11.4 Å². The fourth-order valence-electron chi connectivity index (χ4n) is 3.29. The van der Waals surface area contributed by atoms with Gasteiger partial charge in [-0.25, -0.2) is 0 Å². The van der Waals surface area contributed by atoms with Gasteiger partial charge in [0, 0.05) is 23.6 Å². The molecule has 2 aromatic rings. The Labute approximate surface area is 140 Å². The number of nitrogens with zero attached hydrogens (tertiary/aromatic N) is 4. The Bertz CT molecular complexity index is 720. The molecule has 0 spiro atoms. The molecule has 1 saturated carbocycles. The van der Waals surface area contributed by atoms with Crippen molar-refractivity contribution in [2.24, 2.45) is 5.92 Å². The minimum Gasteiger partial charge on any atom is -0.381 e. The average Bonchev–Trinajstić information content (AvgIpc) is 3.07. The third-order valence-corrected chi connectivity index (χ3v) is 5.06. The van der Waals surface area contributed by atoms with Crippen LogP contribution in [0.25, 0.3) is 11.4 Å². The molecule has 1 aromatic carbocycles. The van der Waals surface area contributed by atoms with E-state index in [1.54, 1.807) is 6.92 Å². The van der Waals surface area contributed by atoms with Crippen LogP contribution in [-0.2, 0) is 9.53 Å². The van der Waals surface area contributed by atoms with Crippen molar-refractivity contribution in [3.05, 3.63) is 30.3 Å². The molecule has 1 amide bonds. The van der Waals surface area contributed by atoms with Gasteiger partial charge in [0.1, 0.15) is 6.04 Å². The molecule has 2 heterocycles. The molecule has 1 saturated heterocycles. The molecule has 7 heteroatoms. The maximum absolute atomic E-state index is 12.6. The van der Waals surface area contributed by atoms with Gasteiger partial charge in [-0.15, -0.1) is 10.2 Å². The largest absolute Gasteiger partial charge is 0.381 e. The van der Waals surface area contributed by atoms with E-state index in [4.69, 9.17) is 4.74 Å². The Morgan fingerprint density at radius 1 is 1.38 bits per heavy atom. The fraction of sp³-hybridized carbons (Fsp3) is 0.529. The maximum Gasteiger partial charge on any atom is 0.246 e. The second kappa shape index (κ2) is 5.98. The molecule has 2 aliphatic rings. The van der Waals surface area contributed by atoms with Gasteiger partial charge in [0.15, 0.2) is 0 Å². The van der Waals surface area contributed by atoms with Gasteiger partial charge in [-0.3, -0.25) is 4.79 Å². The van der Waals surface area contributed by atoms with E-state index in [0.717, 1.165) is 38.0 Å². The highest BCUT2D eigenvalue weighted by Gasteiger charge is 2.51. The first-order chi connectivity index (χ1) is 11.7. The zero-order valence-corrected chi connectivity index (χ0v) is 13.7. The van der Waals surface area contributed by atoms with Gasteiger partial charge < -0.3 is 10.1 Å². The number of hydrogen-bond acceptors (Lipinski definition) is 5. The topological polar surface area (TPSA) is 81.9 Å². The van der Waals surface area contributed by atoms with E-state index >= 15 is 0 Å². The molecule has 4 rings (SSSR count). The van der Waals surface area contributed by atoms with Gasteiger partial charge in [-0.2, -0.15) is 4.80 Å². The van der Waals surface area contributed by atoms with E-state index in [2.05, 4.69) is 20.7 Å². The molecular formula is C17H21N5O2. The third-order valence-electron chi connectivity index (χ3n) is 5.06. The van der Waals surface area contributed by atoms with Crippen LogP contribution in [-0.4, -0.2) is 44.9 Å². The predicted octanol–water partition coefficient (Wildman–Crippen LogP) is 1.59. The molecule has 1 aromatic heterocycles. The van der Waals surface area contributed by atoms with Crippen LogP contribution < -0.4 is 5.32 Å². The maximum atomic E-state index is 12.6. The molecule has 2 fully saturated rings. The molecule has 126 valence electrons. The minimum absolute atomic E-state index is 0.0589. The fourth-order valence-corrected chi connectivity index (χ4v) is 3.29. The van der Waals surface area contributed by atoms with Gasteiger partial charge in [-0.1, -0.05) is 30.3 Å². The minimum atomic E-state index is -0.491. The summed E-state index contributed by atoms with van der Waals surface area (Å²) in [5.74, 6) is 0.897. The lowest BCUT2D eigenvalue weighted by molar-refractivity contribution is -0.125. The lowest BCUT2D eigenvalue weighted by atomic mass is 9.96. The van der Waals surface area contributed by atoms with Crippen molar-refractivity contribution in [1.29, 1.82) is 0 Å². The first-order valence-electron chi connectivity index (χ1n) is 8.43. The highest BCUT2D eigenvalue weighted by molar-refractivity contribution is 5.81. The highest BCUT2D eigenvalue weighted by Crippen LogP contribution is 2.45. The number of nitrogens with one attached hydrogen (secondary N) is 1. The predicted molar refractivity (Wildman–Crippen MR) is 87.0 cm³/mol. The number of carbonyl (C=O) groups is 1. The van der Waals surface area contributed by atoms with Crippen LogP contribution in [0.2, 0.25) is 0 Å². The Kier molecular flexibility index (Phi) is 3.80. The Hall–Kier alpha value is -2.28. The molecule has 1 aliphatic carbocycles. The van der Waals surface area contributed by atoms with E-state index in [0.29, 0.717) is 11.7 Å². The Morgan fingerprint density at radius 2 is 2.17 bits per heavy atom. The standard InChI is InChI=1S/C17H21N5O2/c1-12(16(23)18-17(8-9-17)14-7-10-24-11-14)22-20-15(19-21-22)13-5-3-2-4-6-13/h2-6,12,14H,7-11H2,1H3,(H,18,23). The summed E-state index contributed by atoms with van der Waals surface area (Å²) in [7, 11) is 0. The number of aromatic nitrogens is 4. The van der Waals surface area contributed by atoms with E-state index in [1.165, 1.54) is 4.80 Å². The summed E-state index contributed by atoms with van der Waals surface area (Å²) >= 11 is 0. The summed E-state index contributed by atoms with van der Waals surface area (Å²) in [5.41, 5.74) is 0.808. The summed E-state index contributed by atoms with van der Waals surface area (Å²) in [5, 5.41) is 15.7. The number of carbonyl (C=O) groups excluding carboxylic acids is 1. The van der Waals surface area contributed by atoms with Crippen molar-refractivity contribution in [2.75, 3.05) is 13.2 Å². The summed E-state index contributed by atoms with van der Waals surface area (Å²) in [4.78, 5) is 14.0. The van der Waals surface area contributed by atoms with E-state index < -0.39 is 6.04 Å². The zero-order valence-electron chi connectivity index (χ0n) is 13.7. The molecule has 24 heavy (non-hydrogen) atoms. The number of amides is 1. The number of tetrazole rings is 1. The van der Waals surface area contributed by atoms with Crippen LogP contribution in [0.5, 0.6) is 0 Å². The highest BCUT2D eigenvalue weighted by atomic mass is 16.5. The zero-order chi connectivity index (χ0) is 16.6. The molecule has 1 aliphatic heterocycles. The average molecular weight is 327 g/mol. The van der Waals surface area contributed by atoms with Crippen molar-refractivity contribution in [3.63, 3.8) is 0 Å². The first kappa shape index (κ1) is 15.3. The molecule has 2 unspecified atom stereocenters. The third kappa shape index (κ3) is 2.80. The summed E-state index contributed by atoms with van der Waals surface area (Å²) in [6, 6.07) is 9.14. The number of hydrogen-bond donors (Lipinski definition) is 1. The van der Waals surface area contributed by atoms with E-state index in [9.17, 15) is 4.79 Å². The van der Waals surface area contributed by atoms with Gasteiger partial charge in [-0.05, 0) is 31.4 Å². The van der Waals surface area contributed by atoms with Gasteiger partial charge in [0.25, 0.3) is 0 Å².